The van der Waals surface area contributed by atoms with E-state index in [1.807, 2.05) is 0 Å². The molecule has 0 spiro atoms. The third-order valence-corrected chi connectivity index (χ3v) is 9.25. The molecule has 0 aromatic heterocycles. The number of Topliss-reactive ketones (excluding diaryl/α,β-unsaturated/α-hetero) is 1. The molecule has 41 heavy (non-hydrogen) atoms. The fourth-order valence-electron chi connectivity index (χ4n) is 5.30. The van der Waals surface area contributed by atoms with Gasteiger partial charge in [-0.15, -0.1) is 0 Å². The fraction of sp³-hybridized carbons (Fsp3) is 0.464. The minimum atomic E-state index is -3.95. The molecule has 2 aliphatic rings. The van der Waals surface area contributed by atoms with Gasteiger partial charge in [-0.2, -0.15) is 4.31 Å². The summed E-state index contributed by atoms with van der Waals surface area (Å²) in [6, 6.07) is 12.8. The van der Waals surface area contributed by atoms with Gasteiger partial charge in [0, 0.05) is 25.9 Å². The number of alkyl halides is 2. The Bertz CT molecular complexity index is 1330. The van der Waals surface area contributed by atoms with Gasteiger partial charge in [-0.1, -0.05) is 48.5 Å². The highest BCUT2D eigenvalue weighted by molar-refractivity contribution is 7.89. The molecule has 10 nitrogen and oxygen atoms in total. The molecule has 0 radical (unpaired) electrons. The maximum Gasteiger partial charge on any atom is 0.315 e. The summed E-state index contributed by atoms with van der Waals surface area (Å²) >= 11 is 0. The van der Waals surface area contributed by atoms with E-state index in [0.29, 0.717) is 5.56 Å². The van der Waals surface area contributed by atoms with Crippen molar-refractivity contribution in [2.45, 2.75) is 48.6 Å². The number of nitrogens with one attached hydrogen (secondary N) is 1. The minimum Gasteiger partial charge on any atom is -0.377 e. The van der Waals surface area contributed by atoms with Crippen LogP contribution in [0.5, 0.6) is 0 Å². The maximum absolute atomic E-state index is 15.4. The zero-order valence-electron chi connectivity index (χ0n) is 22.5. The predicted octanol–water partition coefficient (Wildman–Crippen LogP) is 2.19. The zero-order chi connectivity index (χ0) is 29.6. The smallest absolute Gasteiger partial charge is 0.315 e. The van der Waals surface area contributed by atoms with Gasteiger partial charge in [-0.25, -0.2) is 22.0 Å². The lowest BCUT2D eigenvalue weighted by Crippen LogP contribution is -2.59. The third kappa shape index (κ3) is 7.66. The van der Waals surface area contributed by atoms with Gasteiger partial charge in [-0.05, 0) is 30.5 Å². The van der Waals surface area contributed by atoms with Gasteiger partial charge in [0.15, 0.2) is 5.78 Å². The van der Waals surface area contributed by atoms with E-state index in [-0.39, 0.29) is 44.0 Å². The van der Waals surface area contributed by atoms with Crippen molar-refractivity contribution in [3.63, 3.8) is 0 Å². The van der Waals surface area contributed by atoms with E-state index in [1.54, 1.807) is 48.5 Å². The number of ketones is 1. The zero-order valence-corrected chi connectivity index (χ0v) is 23.3. The number of ether oxygens (including phenoxy) is 1. The normalized spacial score (nSPS) is 21.6. The summed E-state index contributed by atoms with van der Waals surface area (Å²) in [6.45, 7) is -0.426. The van der Waals surface area contributed by atoms with Crippen molar-refractivity contribution in [2.75, 3.05) is 32.8 Å². The van der Waals surface area contributed by atoms with Crippen LogP contribution in [0.15, 0.2) is 65.6 Å². The Morgan fingerprint density at radius 2 is 1.73 bits per heavy atom. The first-order chi connectivity index (χ1) is 19.5. The highest BCUT2D eigenvalue weighted by Crippen LogP contribution is 2.32. The standard InChI is InChI=1S/C28H34F2N4O6S/c29-28(30,16-20-8-3-1-4-9-20)17-22(24-19-40-15-14-34(24)27(31)37)26(36)32-23-12-7-13-33(18-25(23)35)41(38,39)21-10-5-2-6-11-21/h1-6,8-11,22-24H,7,12-19H2,(H2,31,37)(H,32,36)/t22-,23-,24?/m0/s1. The quantitative estimate of drug-likeness (QED) is 0.458. The molecule has 2 heterocycles. The molecule has 13 heteroatoms. The predicted molar refractivity (Wildman–Crippen MR) is 145 cm³/mol. The molecular weight excluding hydrogens is 558 g/mol. The molecule has 4 rings (SSSR count). The lowest BCUT2D eigenvalue weighted by molar-refractivity contribution is -0.137. The van der Waals surface area contributed by atoms with Crippen molar-refractivity contribution >= 4 is 27.7 Å². The Balaban J connectivity index is 1.53. The van der Waals surface area contributed by atoms with Gasteiger partial charge in [0.25, 0.3) is 5.92 Å². The Hall–Kier alpha value is -3.42. The lowest BCUT2D eigenvalue weighted by atomic mass is 9.88. The van der Waals surface area contributed by atoms with Crippen LogP contribution in [-0.4, -0.2) is 86.2 Å². The topological polar surface area (TPSA) is 139 Å². The first-order valence-corrected chi connectivity index (χ1v) is 14.9. The molecule has 2 saturated heterocycles. The molecule has 0 bridgehead atoms. The van der Waals surface area contributed by atoms with E-state index < -0.39 is 71.1 Å². The number of nitrogens with two attached hydrogens (primary N) is 1. The van der Waals surface area contributed by atoms with E-state index in [9.17, 15) is 22.8 Å². The number of benzene rings is 2. The summed E-state index contributed by atoms with van der Waals surface area (Å²) < 4.78 is 63.4. The van der Waals surface area contributed by atoms with Crippen LogP contribution in [0.25, 0.3) is 0 Å². The van der Waals surface area contributed by atoms with Gasteiger partial charge in [0.05, 0.1) is 42.7 Å². The highest BCUT2D eigenvalue weighted by atomic mass is 32.2. The Kier molecular flexibility index (Phi) is 9.72. The van der Waals surface area contributed by atoms with Gasteiger partial charge < -0.3 is 20.7 Å². The molecule has 3 amide bonds. The number of carbonyl (C=O) groups excluding carboxylic acids is 3. The second-order valence-electron chi connectivity index (χ2n) is 10.3. The van der Waals surface area contributed by atoms with Crippen molar-refractivity contribution in [3.05, 3.63) is 66.2 Å². The molecule has 3 N–H and O–H groups in total. The van der Waals surface area contributed by atoms with Crippen LogP contribution in [0.3, 0.4) is 0 Å². The van der Waals surface area contributed by atoms with E-state index in [0.717, 1.165) is 9.21 Å². The molecule has 0 saturated carbocycles. The van der Waals surface area contributed by atoms with Gasteiger partial charge in [-0.3, -0.25) is 9.59 Å². The van der Waals surface area contributed by atoms with Crippen LogP contribution in [0.2, 0.25) is 0 Å². The Labute approximate surface area is 237 Å². The monoisotopic (exact) mass is 592 g/mol. The van der Waals surface area contributed by atoms with Gasteiger partial charge >= 0.3 is 6.03 Å². The van der Waals surface area contributed by atoms with Crippen LogP contribution >= 0.6 is 0 Å². The second-order valence-corrected chi connectivity index (χ2v) is 12.3. The fourth-order valence-corrected chi connectivity index (χ4v) is 6.76. The average Bonchev–Trinajstić information content (AvgIpc) is 3.14. The van der Waals surface area contributed by atoms with Crippen LogP contribution in [0.4, 0.5) is 13.6 Å². The molecule has 2 fully saturated rings. The average molecular weight is 593 g/mol. The minimum absolute atomic E-state index is 0.0305. The first kappa shape index (κ1) is 30.5. The summed E-state index contributed by atoms with van der Waals surface area (Å²) in [5.41, 5.74) is 5.89. The molecule has 2 aromatic rings. The van der Waals surface area contributed by atoms with Crippen LogP contribution in [0, 0.1) is 5.92 Å². The Morgan fingerprint density at radius 3 is 2.39 bits per heavy atom. The van der Waals surface area contributed by atoms with Crippen molar-refractivity contribution in [1.29, 1.82) is 0 Å². The van der Waals surface area contributed by atoms with E-state index in [2.05, 4.69) is 5.32 Å². The van der Waals surface area contributed by atoms with Crippen molar-refractivity contribution < 1.29 is 36.3 Å². The molecule has 2 aliphatic heterocycles. The van der Waals surface area contributed by atoms with Gasteiger partial charge in [0.1, 0.15) is 0 Å². The maximum atomic E-state index is 15.4. The van der Waals surface area contributed by atoms with Crippen molar-refractivity contribution in [1.82, 2.24) is 14.5 Å². The van der Waals surface area contributed by atoms with Crippen molar-refractivity contribution in [3.8, 4) is 0 Å². The number of sulfonamides is 1. The number of amides is 3. The summed E-state index contributed by atoms with van der Waals surface area (Å²) in [6.07, 6.45) is -1.16. The number of halogens is 2. The number of primary amides is 1. The number of nitrogens with zero attached hydrogens (tertiary/aromatic N) is 2. The summed E-state index contributed by atoms with van der Waals surface area (Å²) in [5.74, 6) is -6.19. The summed E-state index contributed by atoms with van der Waals surface area (Å²) in [7, 11) is -3.95. The second kappa shape index (κ2) is 13.0. The Morgan fingerprint density at radius 1 is 1.07 bits per heavy atom. The number of carbonyl (C=O) groups is 3. The molecule has 0 aliphatic carbocycles. The third-order valence-electron chi connectivity index (χ3n) is 7.39. The molecule has 3 atom stereocenters. The molecule has 222 valence electrons. The highest BCUT2D eigenvalue weighted by Gasteiger charge is 2.45. The number of hydrogen-bond donors (Lipinski definition) is 2. The van der Waals surface area contributed by atoms with E-state index >= 15 is 8.78 Å². The van der Waals surface area contributed by atoms with Crippen molar-refractivity contribution in [2.24, 2.45) is 11.7 Å². The summed E-state index contributed by atoms with van der Waals surface area (Å²) in [5, 5.41) is 2.59. The number of urea groups is 1. The van der Waals surface area contributed by atoms with Crippen LogP contribution in [-0.2, 0) is 30.8 Å². The lowest BCUT2D eigenvalue weighted by Gasteiger charge is -2.39. The molecule has 1 unspecified atom stereocenters. The largest absolute Gasteiger partial charge is 0.377 e. The number of morpholine rings is 1. The molecular formula is C28H34F2N4O6S. The van der Waals surface area contributed by atoms with Gasteiger partial charge in [0.2, 0.25) is 15.9 Å². The van der Waals surface area contributed by atoms with Crippen LogP contribution in [0.1, 0.15) is 24.8 Å². The van der Waals surface area contributed by atoms with Crippen LogP contribution < -0.4 is 11.1 Å². The van der Waals surface area contributed by atoms with E-state index in [1.165, 1.54) is 12.1 Å². The molecule has 2 aromatic carbocycles. The SMILES string of the molecule is NC(=O)N1CCOCC1[C@H](CC(F)(F)Cc1ccccc1)C(=O)N[C@H]1CCCN(S(=O)(=O)c2ccccc2)CC1=O. The van der Waals surface area contributed by atoms with E-state index in [4.69, 9.17) is 10.5 Å². The number of rotatable bonds is 9. The number of hydrogen-bond acceptors (Lipinski definition) is 6. The summed E-state index contributed by atoms with van der Waals surface area (Å²) in [4.78, 5) is 40.1. The first-order valence-electron chi connectivity index (χ1n) is 13.4.